The van der Waals surface area contributed by atoms with Gasteiger partial charge in [0, 0.05) is 19.1 Å². The van der Waals surface area contributed by atoms with Crippen LogP contribution in [-0.4, -0.2) is 49.7 Å². The van der Waals surface area contributed by atoms with Crippen LogP contribution in [0.25, 0.3) is 0 Å². The van der Waals surface area contributed by atoms with Gasteiger partial charge in [0.25, 0.3) is 5.91 Å². The summed E-state index contributed by atoms with van der Waals surface area (Å²) in [4.78, 5) is 14.7. The number of carbonyl (C=O) groups is 1. The van der Waals surface area contributed by atoms with Gasteiger partial charge in [0.2, 0.25) is 0 Å². The molecule has 1 fully saturated rings. The summed E-state index contributed by atoms with van der Waals surface area (Å²) < 4.78 is 10.8. The molecule has 1 saturated heterocycles. The van der Waals surface area contributed by atoms with E-state index in [1.807, 2.05) is 24.3 Å². The zero-order chi connectivity index (χ0) is 16.7. The number of hydrogen-bond acceptors (Lipinski definition) is 4. The summed E-state index contributed by atoms with van der Waals surface area (Å²) in [6.45, 7) is 7.26. The van der Waals surface area contributed by atoms with Crippen LogP contribution in [0.2, 0.25) is 0 Å². The fourth-order valence-electron chi connectivity index (χ4n) is 2.85. The molecule has 1 aliphatic heterocycles. The van der Waals surface area contributed by atoms with Gasteiger partial charge >= 0.3 is 0 Å². The van der Waals surface area contributed by atoms with E-state index in [-0.39, 0.29) is 11.9 Å². The van der Waals surface area contributed by atoms with Gasteiger partial charge in [-0.25, -0.2) is 0 Å². The fraction of sp³-hybridized carbons (Fsp3) is 0.611. The number of hydrogen-bond donors (Lipinski definition) is 1. The lowest BCUT2D eigenvalue weighted by atomic mass is 10.0. The number of likely N-dealkylation sites (tertiary alicyclic amines) is 1. The summed E-state index contributed by atoms with van der Waals surface area (Å²) in [6, 6.07) is 7.53. The van der Waals surface area contributed by atoms with Crippen LogP contribution in [0.3, 0.4) is 0 Å². The van der Waals surface area contributed by atoms with Crippen molar-refractivity contribution in [3.63, 3.8) is 0 Å². The molecule has 1 amide bonds. The molecule has 2 rings (SSSR count). The van der Waals surface area contributed by atoms with Crippen molar-refractivity contribution in [2.75, 3.05) is 26.7 Å². The van der Waals surface area contributed by atoms with Crippen molar-refractivity contribution in [3.8, 4) is 11.5 Å². The molecule has 1 heterocycles. The van der Waals surface area contributed by atoms with Crippen molar-refractivity contribution >= 4 is 5.91 Å². The zero-order valence-electron chi connectivity index (χ0n) is 14.4. The molecule has 0 unspecified atom stereocenters. The third-order valence-electron chi connectivity index (χ3n) is 4.22. The van der Waals surface area contributed by atoms with Crippen LogP contribution in [-0.2, 0) is 4.79 Å². The van der Waals surface area contributed by atoms with Gasteiger partial charge in [-0.15, -0.1) is 0 Å². The number of rotatable bonds is 7. The van der Waals surface area contributed by atoms with Crippen LogP contribution in [0.15, 0.2) is 24.3 Å². The Morgan fingerprint density at radius 2 is 1.87 bits per heavy atom. The molecule has 0 aromatic heterocycles. The van der Waals surface area contributed by atoms with E-state index in [0.717, 1.165) is 38.2 Å². The van der Waals surface area contributed by atoms with Gasteiger partial charge in [-0.1, -0.05) is 6.92 Å². The number of nitrogens with zero attached hydrogens (tertiary/aromatic N) is 1. The van der Waals surface area contributed by atoms with E-state index in [2.05, 4.69) is 17.1 Å². The van der Waals surface area contributed by atoms with Crippen molar-refractivity contribution < 1.29 is 14.3 Å². The van der Waals surface area contributed by atoms with Crippen LogP contribution in [0, 0.1) is 0 Å². The van der Waals surface area contributed by atoms with E-state index in [1.54, 1.807) is 14.0 Å². The second-order valence-corrected chi connectivity index (χ2v) is 6.06. The maximum atomic E-state index is 12.3. The van der Waals surface area contributed by atoms with Gasteiger partial charge in [-0.2, -0.15) is 0 Å². The molecule has 23 heavy (non-hydrogen) atoms. The van der Waals surface area contributed by atoms with E-state index in [4.69, 9.17) is 9.47 Å². The minimum absolute atomic E-state index is 0.0465. The van der Waals surface area contributed by atoms with E-state index in [1.165, 1.54) is 6.42 Å². The van der Waals surface area contributed by atoms with Crippen molar-refractivity contribution in [1.29, 1.82) is 0 Å². The third-order valence-corrected chi connectivity index (χ3v) is 4.22. The first-order valence-electron chi connectivity index (χ1n) is 8.45. The summed E-state index contributed by atoms with van der Waals surface area (Å²) in [7, 11) is 1.62. The Kier molecular flexibility index (Phi) is 6.71. The van der Waals surface area contributed by atoms with Gasteiger partial charge in [0.05, 0.1) is 7.11 Å². The number of piperidine rings is 1. The maximum absolute atomic E-state index is 12.3. The van der Waals surface area contributed by atoms with Crippen LogP contribution in [0.5, 0.6) is 11.5 Å². The standard InChI is InChI=1S/C18H28N2O3/c1-4-11-20-12-9-15(10-13-20)19-18(21)14(2)23-17-7-5-16(22-3)6-8-17/h5-8,14-15H,4,9-13H2,1-3H3,(H,19,21)/t14-/m1/s1. The molecule has 1 aliphatic rings. The Morgan fingerprint density at radius 3 is 2.43 bits per heavy atom. The highest BCUT2D eigenvalue weighted by atomic mass is 16.5. The minimum atomic E-state index is -0.503. The smallest absolute Gasteiger partial charge is 0.260 e. The molecule has 5 nitrogen and oxygen atoms in total. The van der Waals surface area contributed by atoms with Crippen molar-refractivity contribution in [1.82, 2.24) is 10.2 Å². The Morgan fingerprint density at radius 1 is 1.26 bits per heavy atom. The first-order valence-corrected chi connectivity index (χ1v) is 8.45. The molecule has 0 bridgehead atoms. The third kappa shape index (κ3) is 5.43. The van der Waals surface area contributed by atoms with Crippen LogP contribution in [0.4, 0.5) is 0 Å². The second-order valence-electron chi connectivity index (χ2n) is 6.06. The SMILES string of the molecule is CCCN1CCC(NC(=O)[C@@H](C)Oc2ccc(OC)cc2)CC1. The molecule has 0 aliphatic carbocycles. The predicted octanol–water partition coefficient (Wildman–Crippen LogP) is 2.45. The highest BCUT2D eigenvalue weighted by Crippen LogP contribution is 2.18. The molecular formula is C18H28N2O3. The summed E-state index contributed by atoms with van der Waals surface area (Å²) in [5.41, 5.74) is 0. The molecule has 1 aromatic rings. The number of benzene rings is 1. The molecule has 1 atom stereocenters. The monoisotopic (exact) mass is 320 g/mol. The number of nitrogens with one attached hydrogen (secondary N) is 1. The van der Waals surface area contributed by atoms with E-state index >= 15 is 0 Å². The Labute approximate surface area is 139 Å². The molecule has 0 spiro atoms. The molecule has 0 saturated carbocycles. The first-order chi connectivity index (χ1) is 11.1. The average molecular weight is 320 g/mol. The van der Waals surface area contributed by atoms with Gasteiger partial charge in [0.15, 0.2) is 6.10 Å². The predicted molar refractivity (Wildman–Crippen MR) is 91.0 cm³/mol. The maximum Gasteiger partial charge on any atom is 0.260 e. The topological polar surface area (TPSA) is 50.8 Å². The first kappa shape index (κ1) is 17.6. The summed E-state index contributed by atoms with van der Waals surface area (Å²) in [5, 5.41) is 3.11. The fourth-order valence-corrected chi connectivity index (χ4v) is 2.85. The largest absolute Gasteiger partial charge is 0.497 e. The molecular weight excluding hydrogens is 292 g/mol. The van der Waals surface area contributed by atoms with Crippen LogP contribution in [0.1, 0.15) is 33.1 Å². The highest BCUT2D eigenvalue weighted by Gasteiger charge is 2.23. The lowest BCUT2D eigenvalue weighted by Crippen LogP contribution is -2.48. The second kappa shape index (κ2) is 8.77. The summed E-state index contributed by atoms with van der Waals surface area (Å²) in [6.07, 6.45) is 2.71. The van der Waals surface area contributed by atoms with Crippen molar-refractivity contribution in [2.45, 2.75) is 45.3 Å². The normalized spacial score (nSPS) is 17.5. The molecule has 1 aromatic carbocycles. The summed E-state index contributed by atoms with van der Waals surface area (Å²) in [5.74, 6) is 1.40. The molecule has 128 valence electrons. The number of amides is 1. The lowest BCUT2D eigenvalue weighted by molar-refractivity contribution is -0.128. The Balaban J connectivity index is 1.76. The summed E-state index contributed by atoms with van der Waals surface area (Å²) >= 11 is 0. The minimum Gasteiger partial charge on any atom is -0.497 e. The van der Waals surface area contributed by atoms with E-state index in [0.29, 0.717) is 5.75 Å². The van der Waals surface area contributed by atoms with Crippen LogP contribution < -0.4 is 14.8 Å². The molecule has 1 N–H and O–H groups in total. The lowest BCUT2D eigenvalue weighted by Gasteiger charge is -2.32. The van der Waals surface area contributed by atoms with Gasteiger partial charge in [-0.05, 0) is 57.0 Å². The van der Waals surface area contributed by atoms with Gasteiger partial charge in [-0.3, -0.25) is 4.79 Å². The Hall–Kier alpha value is -1.75. The van der Waals surface area contributed by atoms with E-state index in [9.17, 15) is 4.79 Å². The highest BCUT2D eigenvalue weighted by molar-refractivity contribution is 5.81. The number of ether oxygens (including phenoxy) is 2. The molecule has 0 radical (unpaired) electrons. The van der Waals surface area contributed by atoms with Gasteiger partial charge < -0.3 is 19.7 Å². The number of carbonyl (C=O) groups excluding carboxylic acids is 1. The van der Waals surface area contributed by atoms with Gasteiger partial charge in [0.1, 0.15) is 11.5 Å². The van der Waals surface area contributed by atoms with Crippen LogP contribution >= 0.6 is 0 Å². The Bertz CT molecular complexity index is 482. The zero-order valence-corrected chi connectivity index (χ0v) is 14.4. The average Bonchev–Trinajstić information content (AvgIpc) is 2.57. The molecule has 5 heteroatoms. The number of methoxy groups -OCH3 is 1. The van der Waals surface area contributed by atoms with Crippen molar-refractivity contribution in [3.05, 3.63) is 24.3 Å². The van der Waals surface area contributed by atoms with Crippen molar-refractivity contribution in [2.24, 2.45) is 0 Å². The quantitative estimate of drug-likeness (QED) is 0.838. The van der Waals surface area contributed by atoms with E-state index < -0.39 is 6.10 Å².